The molecule has 0 radical (unpaired) electrons. The molecule has 0 saturated carbocycles. The zero-order chi connectivity index (χ0) is 21.1. The number of methoxy groups -OCH3 is 2. The summed E-state index contributed by atoms with van der Waals surface area (Å²) in [7, 11) is 4.64. The molecule has 3 rings (SSSR count). The van der Waals surface area contributed by atoms with Crippen molar-refractivity contribution in [1.29, 1.82) is 0 Å². The molecular formula is C20H16I2N2O4S. The fraction of sp³-hybridized carbons (Fsp3) is 0.150. The zero-order valence-electron chi connectivity index (χ0n) is 15.7. The van der Waals surface area contributed by atoms with Gasteiger partial charge in [0, 0.05) is 16.2 Å². The van der Waals surface area contributed by atoms with Gasteiger partial charge >= 0.3 is 5.97 Å². The second kappa shape index (κ2) is 9.47. The Labute approximate surface area is 200 Å². The molecule has 150 valence electrons. The average molecular weight is 634 g/mol. The van der Waals surface area contributed by atoms with Crippen molar-refractivity contribution in [2.45, 2.75) is 0 Å². The van der Waals surface area contributed by atoms with Gasteiger partial charge in [-0.3, -0.25) is 9.69 Å². The molecule has 0 N–H and O–H groups in total. The Morgan fingerprint density at radius 2 is 1.86 bits per heavy atom. The number of amides is 1. The standard InChI is InChI=1S/C20H16I2N2O4S/c1-24-18(25)16(9-12-8-13(21)10-15(22)17(12)27-2)29-20(24)23-14-6-4-11(5-7-14)19(26)28-3/h4-10H,1-3H3/b16-9-,23-20?. The number of hydrogen-bond donors (Lipinski definition) is 0. The van der Waals surface area contributed by atoms with Crippen molar-refractivity contribution < 1.29 is 19.1 Å². The average Bonchev–Trinajstić information content (AvgIpc) is 2.95. The lowest BCUT2D eigenvalue weighted by molar-refractivity contribution is -0.121. The van der Waals surface area contributed by atoms with E-state index in [2.05, 4.69) is 50.2 Å². The summed E-state index contributed by atoms with van der Waals surface area (Å²) in [4.78, 5) is 30.9. The van der Waals surface area contributed by atoms with Crippen LogP contribution in [0.2, 0.25) is 0 Å². The molecule has 6 nitrogen and oxygen atoms in total. The van der Waals surface area contributed by atoms with Crippen LogP contribution in [0.5, 0.6) is 5.75 Å². The molecule has 0 atom stereocenters. The Morgan fingerprint density at radius 3 is 2.48 bits per heavy atom. The van der Waals surface area contributed by atoms with Crippen LogP contribution in [-0.2, 0) is 9.53 Å². The summed E-state index contributed by atoms with van der Waals surface area (Å²) in [6.07, 6.45) is 1.83. The first-order valence-electron chi connectivity index (χ1n) is 8.31. The topological polar surface area (TPSA) is 68.2 Å². The molecule has 2 aromatic rings. The Bertz CT molecular complexity index is 1040. The Kier molecular flexibility index (Phi) is 7.22. The number of ether oxygens (including phenoxy) is 2. The van der Waals surface area contributed by atoms with E-state index in [4.69, 9.17) is 9.47 Å². The molecule has 29 heavy (non-hydrogen) atoms. The predicted molar refractivity (Wildman–Crippen MR) is 132 cm³/mol. The van der Waals surface area contributed by atoms with E-state index in [9.17, 15) is 9.59 Å². The lowest BCUT2D eigenvalue weighted by Gasteiger charge is -2.09. The quantitative estimate of drug-likeness (QED) is 0.272. The Balaban J connectivity index is 1.91. The van der Waals surface area contributed by atoms with Crippen LogP contribution in [0.15, 0.2) is 46.3 Å². The highest BCUT2D eigenvalue weighted by molar-refractivity contribution is 14.1. The normalized spacial score (nSPS) is 16.6. The molecule has 0 aromatic heterocycles. The highest BCUT2D eigenvalue weighted by Crippen LogP contribution is 2.36. The third-order valence-corrected chi connectivity index (χ3v) is 6.53. The molecule has 1 saturated heterocycles. The minimum absolute atomic E-state index is 0.129. The van der Waals surface area contributed by atoms with Gasteiger partial charge in [-0.25, -0.2) is 9.79 Å². The van der Waals surface area contributed by atoms with Crippen LogP contribution >= 0.6 is 56.9 Å². The molecule has 1 heterocycles. The number of nitrogens with zero attached hydrogens (tertiary/aromatic N) is 2. The smallest absolute Gasteiger partial charge is 0.337 e. The van der Waals surface area contributed by atoms with E-state index in [-0.39, 0.29) is 5.91 Å². The molecule has 2 aromatic carbocycles. The van der Waals surface area contributed by atoms with Crippen molar-refractivity contribution in [2.24, 2.45) is 4.99 Å². The summed E-state index contributed by atoms with van der Waals surface area (Å²) in [6.45, 7) is 0. The third-order valence-electron chi connectivity index (χ3n) is 4.04. The van der Waals surface area contributed by atoms with Gasteiger partial charge in [0.15, 0.2) is 5.17 Å². The van der Waals surface area contributed by atoms with Crippen molar-refractivity contribution in [3.8, 4) is 5.75 Å². The van der Waals surface area contributed by atoms with Gasteiger partial charge in [0.25, 0.3) is 5.91 Å². The molecule has 1 aliphatic heterocycles. The number of halogens is 2. The highest BCUT2D eigenvalue weighted by atomic mass is 127. The lowest BCUT2D eigenvalue weighted by Crippen LogP contribution is -2.23. The van der Waals surface area contributed by atoms with Gasteiger partial charge < -0.3 is 9.47 Å². The first-order chi connectivity index (χ1) is 13.8. The number of aliphatic imine (C=N–C) groups is 1. The summed E-state index contributed by atoms with van der Waals surface area (Å²) in [5, 5.41) is 0.561. The SMILES string of the molecule is COC(=O)c1ccc(N=C2S/C(=C\c3cc(I)cc(I)c3OC)C(=O)N2C)cc1. The van der Waals surface area contributed by atoms with Gasteiger partial charge in [-0.1, -0.05) is 0 Å². The van der Waals surface area contributed by atoms with E-state index in [1.54, 1.807) is 38.4 Å². The number of hydrogen-bond acceptors (Lipinski definition) is 6. The number of carbonyl (C=O) groups is 2. The first kappa shape index (κ1) is 22.1. The third kappa shape index (κ3) is 4.94. The molecule has 0 spiro atoms. The fourth-order valence-electron chi connectivity index (χ4n) is 2.60. The van der Waals surface area contributed by atoms with E-state index in [0.717, 1.165) is 18.5 Å². The molecule has 1 aliphatic rings. The van der Waals surface area contributed by atoms with Crippen molar-refractivity contribution in [2.75, 3.05) is 21.3 Å². The zero-order valence-corrected chi connectivity index (χ0v) is 20.9. The van der Waals surface area contributed by atoms with E-state index in [0.29, 0.717) is 21.3 Å². The maximum atomic E-state index is 12.7. The minimum Gasteiger partial charge on any atom is -0.495 e. The predicted octanol–water partition coefficient (Wildman–Crippen LogP) is 4.92. The molecular weight excluding hydrogens is 618 g/mol. The number of carbonyl (C=O) groups excluding carboxylic acids is 2. The summed E-state index contributed by atoms with van der Waals surface area (Å²) in [5.74, 6) is 0.201. The molecule has 0 bridgehead atoms. The highest BCUT2D eigenvalue weighted by Gasteiger charge is 2.30. The molecule has 0 unspecified atom stereocenters. The van der Waals surface area contributed by atoms with E-state index < -0.39 is 5.97 Å². The van der Waals surface area contributed by atoms with Gasteiger partial charge in [-0.2, -0.15) is 0 Å². The number of rotatable bonds is 4. The largest absolute Gasteiger partial charge is 0.495 e. The second-order valence-electron chi connectivity index (χ2n) is 5.92. The monoisotopic (exact) mass is 634 g/mol. The number of esters is 1. The molecule has 1 fully saturated rings. The van der Waals surface area contributed by atoms with Crippen LogP contribution in [0.4, 0.5) is 5.69 Å². The maximum absolute atomic E-state index is 12.7. The van der Waals surface area contributed by atoms with Crippen molar-refractivity contribution >= 4 is 85.8 Å². The van der Waals surface area contributed by atoms with Crippen LogP contribution in [0, 0.1) is 7.14 Å². The number of amidine groups is 1. The van der Waals surface area contributed by atoms with Gasteiger partial charge in [-0.15, -0.1) is 0 Å². The number of likely N-dealkylation sites (N-methyl/N-ethyl adjacent to an activating group) is 1. The Hall–Kier alpha value is -1.60. The van der Waals surface area contributed by atoms with Crippen LogP contribution in [0.25, 0.3) is 6.08 Å². The van der Waals surface area contributed by atoms with Crippen LogP contribution < -0.4 is 4.74 Å². The van der Waals surface area contributed by atoms with Crippen molar-refractivity contribution in [3.05, 3.63) is 59.6 Å². The fourth-order valence-corrected chi connectivity index (χ4v) is 5.68. The first-order valence-corrected chi connectivity index (χ1v) is 11.3. The van der Waals surface area contributed by atoms with Gasteiger partial charge in [0.05, 0.1) is 33.9 Å². The van der Waals surface area contributed by atoms with Crippen LogP contribution in [0.3, 0.4) is 0 Å². The van der Waals surface area contributed by atoms with Crippen molar-refractivity contribution in [3.63, 3.8) is 0 Å². The molecule has 1 amide bonds. The summed E-state index contributed by atoms with van der Waals surface area (Å²) >= 11 is 5.76. The van der Waals surface area contributed by atoms with Crippen molar-refractivity contribution in [1.82, 2.24) is 4.90 Å². The lowest BCUT2D eigenvalue weighted by atomic mass is 10.2. The summed E-state index contributed by atoms with van der Waals surface area (Å²) in [6, 6.07) is 10.7. The van der Waals surface area contributed by atoms with Gasteiger partial charge in [0.2, 0.25) is 0 Å². The summed E-state index contributed by atoms with van der Waals surface area (Å²) < 4.78 is 12.2. The Morgan fingerprint density at radius 1 is 1.17 bits per heavy atom. The maximum Gasteiger partial charge on any atom is 0.337 e. The minimum atomic E-state index is -0.405. The van der Waals surface area contributed by atoms with Gasteiger partial charge in [0.1, 0.15) is 5.75 Å². The van der Waals surface area contributed by atoms with Crippen LogP contribution in [-0.4, -0.2) is 43.2 Å². The number of thioether (sulfide) groups is 1. The van der Waals surface area contributed by atoms with E-state index in [1.165, 1.54) is 23.8 Å². The summed E-state index contributed by atoms with van der Waals surface area (Å²) in [5.41, 5.74) is 1.93. The second-order valence-corrected chi connectivity index (χ2v) is 9.33. The molecule has 9 heteroatoms. The molecule has 0 aliphatic carbocycles. The van der Waals surface area contributed by atoms with E-state index in [1.807, 2.05) is 18.2 Å². The number of benzene rings is 2. The van der Waals surface area contributed by atoms with E-state index >= 15 is 0 Å². The van der Waals surface area contributed by atoms with Gasteiger partial charge in [-0.05, 0) is 99.4 Å². The van der Waals surface area contributed by atoms with Crippen LogP contribution in [0.1, 0.15) is 15.9 Å².